The van der Waals surface area contributed by atoms with E-state index in [2.05, 4.69) is 19.2 Å². The number of primary amides is 1. The van der Waals surface area contributed by atoms with Gasteiger partial charge in [-0.15, -0.1) is 0 Å². The van der Waals surface area contributed by atoms with Crippen LogP contribution in [0.25, 0.3) is 0 Å². The maximum Gasteiger partial charge on any atom is 0.326 e. The number of nitrogens with zero attached hydrogens (tertiary/aromatic N) is 1. The predicted octanol–water partition coefficient (Wildman–Crippen LogP) is 0.00250. The van der Waals surface area contributed by atoms with Crippen molar-refractivity contribution in [1.29, 1.82) is 0 Å². The molecule has 3 amide bonds. The number of rotatable bonds is 5. The maximum atomic E-state index is 11.9. The third-order valence-electron chi connectivity index (χ3n) is 3.55. The Bertz CT molecular complexity index is 362. The van der Waals surface area contributed by atoms with E-state index in [-0.39, 0.29) is 12.8 Å². The van der Waals surface area contributed by atoms with Crippen LogP contribution < -0.4 is 11.1 Å². The van der Waals surface area contributed by atoms with Crippen LogP contribution in [0, 0.1) is 11.8 Å². The van der Waals surface area contributed by atoms with Crippen molar-refractivity contribution >= 4 is 17.9 Å². The second kappa shape index (κ2) is 6.40. The Labute approximate surface area is 112 Å². The van der Waals surface area contributed by atoms with Gasteiger partial charge in [-0.25, -0.2) is 9.59 Å². The normalized spacial score (nSPS) is 24.0. The van der Waals surface area contributed by atoms with Crippen LogP contribution in [-0.4, -0.2) is 47.0 Å². The number of nitrogens with two attached hydrogens (primary N) is 1. The van der Waals surface area contributed by atoms with E-state index in [1.54, 1.807) is 4.90 Å². The average Bonchev–Trinajstić information content (AvgIpc) is 2.64. The quantitative estimate of drug-likeness (QED) is 0.653. The number of nitrogens with one attached hydrogen (secondary N) is 1. The number of hydrogen-bond donors (Lipinski definition) is 3. The molecule has 0 spiro atoms. The van der Waals surface area contributed by atoms with Crippen LogP contribution in [0.3, 0.4) is 0 Å². The van der Waals surface area contributed by atoms with E-state index >= 15 is 0 Å². The molecular weight excluding hydrogens is 250 g/mol. The third kappa shape index (κ3) is 4.42. The monoisotopic (exact) mass is 271 g/mol. The van der Waals surface area contributed by atoms with Gasteiger partial charge in [-0.2, -0.15) is 0 Å². The Morgan fingerprint density at radius 1 is 1.32 bits per heavy atom. The fourth-order valence-corrected chi connectivity index (χ4v) is 2.08. The Morgan fingerprint density at radius 3 is 2.26 bits per heavy atom. The highest BCUT2D eigenvalue weighted by atomic mass is 16.4. The SMILES string of the molecule is CC1CN(C(=O)NC(CCC(N)=O)C(=O)O)CC1C. The van der Waals surface area contributed by atoms with Crippen molar-refractivity contribution in [1.82, 2.24) is 10.2 Å². The summed E-state index contributed by atoms with van der Waals surface area (Å²) in [7, 11) is 0. The lowest BCUT2D eigenvalue weighted by atomic mass is 10.0. The van der Waals surface area contributed by atoms with Gasteiger partial charge in [0.1, 0.15) is 6.04 Å². The standard InChI is InChI=1S/C12H21N3O4/c1-7-5-15(6-8(7)2)12(19)14-9(11(17)18)3-4-10(13)16/h7-9H,3-6H2,1-2H3,(H2,13,16)(H,14,19)(H,17,18). The molecule has 0 aromatic rings. The highest BCUT2D eigenvalue weighted by molar-refractivity contribution is 5.83. The molecule has 108 valence electrons. The zero-order chi connectivity index (χ0) is 14.6. The van der Waals surface area contributed by atoms with E-state index in [0.717, 1.165) is 0 Å². The van der Waals surface area contributed by atoms with Gasteiger partial charge in [0.2, 0.25) is 5.91 Å². The minimum Gasteiger partial charge on any atom is -0.480 e. The van der Waals surface area contributed by atoms with Gasteiger partial charge in [-0.1, -0.05) is 13.8 Å². The molecule has 1 heterocycles. The first-order valence-corrected chi connectivity index (χ1v) is 6.37. The van der Waals surface area contributed by atoms with Gasteiger partial charge in [0, 0.05) is 19.5 Å². The van der Waals surface area contributed by atoms with E-state index in [1.165, 1.54) is 0 Å². The van der Waals surface area contributed by atoms with E-state index in [1.807, 2.05) is 0 Å². The highest BCUT2D eigenvalue weighted by Gasteiger charge is 2.31. The molecule has 1 aliphatic rings. The van der Waals surface area contributed by atoms with Crippen molar-refractivity contribution in [2.45, 2.75) is 32.7 Å². The van der Waals surface area contributed by atoms with Crippen molar-refractivity contribution in [2.75, 3.05) is 13.1 Å². The molecule has 0 aliphatic carbocycles. The molecule has 0 bridgehead atoms. The first-order chi connectivity index (χ1) is 8.81. The minimum atomic E-state index is -1.16. The van der Waals surface area contributed by atoms with Crippen molar-refractivity contribution in [3.8, 4) is 0 Å². The summed E-state index contributed by atoms with van der Waals surface area (Å²) in [5.41, 5.74) is 4.98. The molecular formula is C12H21N3O4. The topological polar surface area (TPSA) is 113 Å². The summed E-state index contributed by atoms with van der Waals surface area (Å²) in [6.45, 7) is 5.35. The van der Waals surface area contributed by atoms with Crippen LogP contribution >= 0.6 is 0 Å². The zero-order valence-corrected chi connectivity index (χ0v) is 11.3. The molecule has 0 aromatic carbocycles. The lowest BCUT2D eigenvalue weighted by molar-refractivity contribution is -0.139. The van der Waals surface area contributed by atoms with E-state index in [4.69, 9.17) is 10.8 Å². The second-order valence-corrected chi connectivity index (χ2v) is 5.20. The Morgan fingerprint density at radius 2 is 1.84 bits per heavy atom. The largest absolute Gasteiger partial charge is 0.480 e. The van der Waals surface area contributed by atoms with Crippen LogP contribution in [0.1, 0.15) is 26.7 Å². The fraction of sp³-hybridized carbons (Fsp3) is 0.750. The van der Waals surface area contributed by atoms with Crippen LogP contribution in [0.15, 0.2) is 0 Å². The first-order valence-electron chi connectivity index (χ1n) is 6.37. The number of carbonyl (C=O) groups is 3. The van der Waals surface area contributed by atoms with E-state index in [0.29, 0.717) is 24.9 Å². The molecule has 0 aromatic heterocycles. The molecule has 7 nitrogen and oxygen atoms in total. The second-order valence-electron chi connectivity index (χ2n) is 5.20. The number of carbonyl (C=O) groups excluding carboxylic acids is 2. The van der Waals surface area contributed by atoms with Gasteiger partial charge in [0.25, 0.3) is 0 Å². The Hall–Kier alpha value is -1.79. The number of carboxylic acids is 1. The molecule has 1 fully saturated rings. The molecule has 7 heteroatoms. The molecule has 3 atom stereocenters. The van der Waals surface area contributed by atoms with Crippen molar-refractivity contribution < 1.29 is 19.5 Å². The predicted molar refractivity (Wildman–Crippen MR) is 68.3 cm³/mol. The molecule has 4 N–H and O–H groups in total. The van der Waals surface area contributed by atoms with Gasteiger partial charge in [-0.05, 0) is 18.3 Å². The van der Waals surface area contributed by atoms with Crippen molar-refractivity contribution in [3.63, 3.8) is 0 Å². The van der Waals surface area contributed by atoms with Crippen LogP contribution in [-0.2, 0) is 9.59 Å². The van der Waals surface area contributed by atoms with E-state index in [9.17, 15) is 14.4 Å². The summed E-state index contributed by atoms with van der Waals surface area (Å²) in [6, 6.07) is -1.47. The van der Waals surface area contributed by atoms with Gasteiger partial charge in [0.05, 0.1) is 0 Å². The molecule has 1 aliphatic heterocycles. The highest BCUT2D eigenvalue weighted by Crippen LogP contribution is 2.21. The van der Waals surface area contributed by atoms with Gasteiger partial charge in [0.15, 0.2) is 0 Å². The summed E-state index contributed by atoms with van der Waals surface area (Å²) < 4.78 is 0. The van der Waals surface area contributed by atoms with Gasteiger partial charge in [-0.3, -0.25) is 4.79 Å². The lowest BCUT2D eigenvalue weighted by Gasteiger charge is -2.20. The number of carboxylic acid groups (broad SMARTS) is 1. The summed E-state index contributed by atoms with van der Waals surface area (Å²) >= 11 is 0. The Kier molecular flexibility index (Phi) is 5.14. The summed E-state index contributed by atoms with van der Waals surface area (Å²) in [4.78, 5) is 35.2. The first kappa shape index (κ1) is 15.3. The fourth-order valence-electron chi connectivity index (χ4n) is 2.08. The number of likely N-dealkylation sites (tertiary alicyclic amines) is 1. The van der Waals surface area contributed by atoms with Crippen molar-refractivity contribution in [2.24, 2.45) is 17.6 Å². The summed E-state index contributed by atoms with van der Waals surface area (Å²) in [5, 5.41) is 11.4. The lowest BCUT2D eigenvalue weighted by Crippen LogP contribution is -2.47. The molecule has 3 unspecified atom stereocenters. The minimum absolute atomic E-state index is 0.00928. The van der Waals surface area contributed by atoms with Crippen LogP contribution in [0.2, 0.25) is 0 Å². The van der Waals surface area contributed by atoms with Crippen molar-refractivity contribution in [3.05, 3.63) is 0 Å². The third-order valence-corrected chi connectivity index (χ3v) is 3.55. The summed E-state index contributed by atoms with van der Waals surface area (Å²) in [5.74, 6) is -0.932. The number of amides is 3. The van der Waals surface area contributed by atoms with Gasteiger partial charge < -0.3 is 21.1 Å². The molecule has 1 rings (SSSR count). The number of aliphatic carboxylic acids is 1. The zero-order valence-electron chi connectivity index (χ0n) is 11.3. The average molecular weight is 271 g/mol. The molecule has 1 saturated heterocycles. The van der Waals surface area contributed by atoms with Crippen LogP contribution in [0.4, 0.5) is 4.79 Å². The van der Waals surface area contributed by atoms with E-state index < -0.39 is 23.9 Å². The van der Waals surface area contributed by atoms with Crippen LogP contribution in [0.5, 0.6) is 0 Å². The molecule has 0 radical (unpaired) electrons. The summed E-state index contributed by atoms with van der Waals surface area (Å²) in [6.07, 6.45) is -0.0561. The molecule has 0 saturated carbocycles. The number of hydrogen-bond acceptors (Lipinski definition) is 3. The number of urea groups is 1. The van der Waals surface area contributed by atoms with Gasteiger partial charge >= 0.3 is 12.0 Å². The maximum absolute atomic E-state index is 11.9. The smallest absolute Gasteiger partial charge is 0.326 e. The molecule has 19 heavy (non-hydrogen) atoms. The Balaban J connectivity index is 2.52.